The van der Waals surface area contributed by atoms with Crippen molar-refractivity contribution in [1.82, 2.24) is 0 Å². The summed E-state index contributed by atoms with van der Waals surface area (Å²) in [5.74, 6) is 0.295. The normalized spacial score (nSPS) is 10.2. The molecule has 0 amide bonds. The van der Waals surface area contributed by atoms with Gasteiger partial charge >= 0.3 is 0 Å². The number of phenols is 2. The van der Waals surface area contributed by atoms with Gasteiger partial charge in [-0.3, -0.25) is 0 Å². The first-order chi connectivity index (χ1) is 8.09. The van der Waals surface area contributed by atoms with Gasteiger partial charge in [0.25, 0.3) is 0 Å². The molecule has 2 aromatic rings. The second kappa shape index (κ2) is 4.34. The molecule has 2 heteroatoms. The van der Waals surface area contributed by atoms with E-state index in [4.69, 9.17) is 0 Å². The van der Waals surface area contributed by atoms with Gasteiger partial charge in [0.05, 0.1) is 0 Å². The molecule has 0 unspecified atom stereocenters. The van der Waals surface area contributed by atoms with Gasteiger partial charge in [-0.15, -0.1) is 0 Å². The predicted molar refractivity (Wildman–Crippen MR) is 69.1 cm³/mol. The van der Waals surface area contributed by atoms with Crippen LogP contribution in [0.15, 0.2) is 49.0 Å². The van der Waals surface area contributed by atoms with Crippen LogP contribution in [0.3, 0.4) is 0 Å². The molecule has 0 fully saturated rings. The molecule has 0 saturated heterocycles. The van der Waals surface area contributed by atoms with Crippen LogP contribution in [0.4, 0.5) is 0 Å². The summed E-state index contributed by atoms with van der Waals surface area (Å²) in [5.41, 5.74) is 2.82. The van der Waals surface area contributed by atoms with E-state index in [1.54, 1.807) is 19.1 Å². The molecule has 0 saturated carbocycles. The largest absolute Gasteiger partial charge is 0.508 e. The van der Waals surface area contributed by atoms with Crippen molar-refractivity contribution in [3.63, 3.8) is 0 Å². The molecule has 2 N–H and O–H groups in total. The van der Waals surface area contributed by atoms with Crippen LogP contribution in [0.2, 0.25) is 0 Å². The van der Waals surface area contributed by atoms with Crippen LogP contribution in [0.5, 0.6) is 11.5 Å². The molecular formula is C15H14O2. The third-order valence-corrected chi connectivity index (χ3v) is 2.76. The highest BCUT2D eigenvalue weighted by atomic mass is 16.3. The Morgan fingerprint density at radius 1 is 1.00 bits per heavy atom. The summed E-state index contributed by atoms with van der Waals surface area (Å²) in [6.07, 6.45) is 0. The van der Waals surface area contributed by atoms with Gasteiger partial charge in [0.1, 0.15) is 11.5 Å². The van der Waals surface area contributed by atoms with E-state index in [1.807, 2.05) is 30.3 Å². The Hall–Kier alpha value is -2.22. The molecule has 0 radical (unpaired) electrons. The molecule has 17 heavy (non-hydrogen) atoms. The van der Waals surface area contributed by atoms with Gasteiger partial charge in [0, 0.05) is 5.56 Å². The summed E-state index contributed by atoms with van der Waals surface area (Å²) in [5, 5.41) is 19.5. The number of benzene rings is 2. The molecule has 2 aromatic carbocycles. The van der Waals surface area contributed by atoms with Crippen LogP contribution in [0.25, 0.3) is 5.57 Å². The quantitative estimate of drug-likeness (QED) is 0.770. The molecule has 0 atom stereocenters. The molecular weight excluding hydrogens is 212 g/mol. The van der Waals surface area contributed by atoms with E-state index in [2.05, 4.69) is 6.58 Å². The van der Waals surface area contributed by atoms with Gasteiger partial charge < -0.3 is 10.2 Å². The molecule has 86 valence electrons. The lowest BCUT2D eigenvalue weighted by Crippen LogP contribution is -1.88. The number of hydrogen-bond acceptors (Lipinski definition) is 2. The van der Waals surface area contributed by atoms with Crippen LogP contribution >= 0.6 is 0 Å². The highest BCUT2D eigenvalue weighted by Gasteiger charge is 2.10. The van der Waals surface area contributed by atoms with Crippen molar-refractivity contribution in [2.24, 2.45) is 0 Å². The number of aryl methyl sites for hydroxylation is 1. The smallest absolute Gasteiger partial charge is 0.123 e. The molecule has 2 rings (SSSR count). The first-order valence-corrected chi connectivity index (χ1v) is 5.37. The monoisotopic (exact) mass is 226 g/mol. The molecule has 2 nitrogen and oxygen atoms in total. The maximum Gasteiger partial charge on any atom is 0.123 e. The Morgan fingerprint density at radius 3 is 2.29 bits per heavy atom. The number of hydrogen-bond donors (Lipinski definition) is 2. The van der Waals surface area contributed by atoms with Crippen molar-refractivity contribution >= 4 is 5.57 Å². The zero-order valence-corrected chi connectivity index (χ0v) is 9.64. The summed E-state index contributed by atoms with van der Waals surface area (Å²) < 4.78 is 0. The molecule has 0 heterocycles. The second-order valence-electron chi connectivity index (χ2n) is 4.00. The second-order valence-corrected chi connectivity index (χ2v) is 4.00. The van der Waals surface area contributed by atoms with Crippen molar-refractivity contribution in [2.45, 2.75) is 6.92 Å². The lowest BCUT2D eigenvalue weighted by Gasteiger charge is -2.10. The summed E-state index contributed by atoms with van der Waals surface area (Å²) in [7, 11) is 0. The predicted octanol–water partition coefficient (Wildman–Crippen LogP) is 3.47. The van der Waals surface area contributed by atoms with Crippen LogP contribution in [-0.2, 0) is 0 Å². The molecule has 0 spiro atoms. The minimum Gasteiger partial charge on any atom is -0.508 e. The van der Waals surface area contributed by atoms with Gasteiger partial charge in [0.2, 0.25) is 0 Å². The van der Waals surface area contributed by atoms with Crippen molar-refractivity contribution in [3.8, 4) is 11.5 Å². The lowest BCUT2D eigenvalue weighted by atomic mass is 9.97. The number of phenolic OH excluding ortho intramolecular Hbond substituents is 2. The molecule has 0 bridgehead atoms. The average molecular weight is 226 g/mol. The highest BCUT2D eigenvalue weighted by molar-refractivity contribution is 5.81. The van der Waals surface area contributed by atoms with Gasteiger partial charge in [-0.25, -0.2) is 0 Å². The zero-order valence-electron chi connectivity index (χ0n) is 9.64. The van der Waals surface area contributed by atoms with E-state index in [0.29, 0.717) is 16.7 Å². The lowest BCUT2D eigenvalue weighted by molar-refractivity contribution is 0.455. The first kappa shape index (κ1) is 11.3. The Kier molecular flexibility index (Phi) is 2.88. The fourth-order valence-corrected chi connectivity index (χ4v) is 1.72. The van der Waals surface area contributed by atoms with Crippen molar-refractivity contribution in [1.29, 1.82) is 0 Å². The van der Waals surface area contributed by atoms with Crippen LogP contribution in [-0.4, -0.2) is 10.2 Å². The fourth-order valence-electron chi connectivity index (χ4n) is 1.72. The Balaban J connectivity index is 2.48. The highest BCUT2D eigenvalue weighted by Crippen LogP contribution is 2.33. The van der Waals surface area contributed by atoms with Crippen molar-refractivity contribution < 1.29 is 10.2 Å². The minimum absolute atomic E-state index is 0.133. The third kappa shape index (κ3) is 2.16. The topological polar surface area (TPSA) is 40.5 Å². The number of rotatable bonds is 2. The van der Waals surface area contributed by atoms with E-state index in [0.717, 1.165) is 5.56 Å². The van der Waals surface area contributed by atoms with Gasteiger partial charge in [-0.2, -0.15) is 0 Å². The zero-order chi connectivity index (χ0) is 12.4. The molecule has 0 aliphatic heterocycles. The average Bonchev–Trinajstić information content (AvgIpc) is 2.34. The maximum atomic E-state index is 9.88. The molecule has 0 aliphatic carbocycles. The Bertz CT molecular complexity index is 557. The van der Waals surface area contributed by atoms with Gasteiger partial charge in [-0.05, 0) is 35.8 Å². The Labute approximate surface area is 100 Å². The Morgan fingerprint density at radius 2 is 1.65 bits per heavy atom. The number of aromatic hydroxyl groups is 2. The van der Waals surface area contributed by atoms with Crippen LogP contribution < -0.4 is 0 Å². The van der Waals surface area contributed by atoms with Gasteiger partial charge in [-0.1, -0.05) is 36.9 Å². The maximum absolute atomic E-state index is 9.88. The van der Waals surface area contributed by atoms with Crippen LogP contribution in [0.1, 0.15) is 16.7 Å². The summed E-state index contributed by atoms with van der Waals surface area (Å²) in [6.45, 7) is 5.70. The summed E-state index contributed by atoms with van der Waals surface area (Å²) >= 11 is 0. The fraction of sp³-hybridized carbons (Fsp3) is 0.0667. The standard InChI is InChI=1S/C15H14O2/c1-10-8-15(17)13(9-14(10)16)11(2)12-6-4-3-5-7-12/h3-9,16-17H,2H2,1H3. The van der Waals surface area contributed by atoms with E-state index in [1.165, 1.54) is 0 Å². The van der Waals surface area contributed by atoms with E-state index in [-0.39, 0.29) is 11.5 Å². The first-order valence-electron chi connectivity index (χ1n) is 5.37. The summed E-state index contributed by atoms with van der Waals surface area (Å²) in [4.78, 5) is 0. The summed E-state index contributed by atoms with van der Waals surface area (Å²) in [6, 6.07) is 12.6. The molecule has 0 aromatic heterocycles. The minimum atomic E-state index is 0.133. The van der Waals surface area contributed by atoms with Crippen molar-refractivity contribution in [2.75, 3.05) is 0 Å². The van der Waals surface area contributed by atoms with Crippen LogP contribution in [0, 0.1) is 6.92 Å². The van der Waals surface area contributed by atoms with E-state index < -0.39 is 0 Å². The van der Waals surface area contributed by atoms with E-state index >= 15 is 0 Å². The van der Waals surface area contributed by atoms with Gasteiger partial charge in [0.15, 0.2) is 0 Å². The SMILES string of the molecule is C=C(c1ccccc1)c1cc(O)c(C)cc1O. The third-order valence-electron chi connectivity index (χ3n) is 2.76. The van der Waals surface area contributed by atoms with Crippen molar-refractivity contribution in [3.05, 3.63) is 65.7 Å². The molecule has 0 aliphatic rings. The van der Waals surface area contributed by atoms with E-state index in [9.17, 15) is 10.2 Å².